The van der Waals surface area contributed by atoms with Gasteiger partial charge in [0.05, 0.1) is 11.2 Å². The molecule has 1 aromatic heterocycles. The van der Waals surface area contributed by atoms with E-state index in [1.54, 1.807) is 12.1 Å². The molecule has 0 fully saturated rings. The molecular weight excluding hydrogens is 315 g/mol. The lowest BCUT2D eigenvalue weighted by atomic mass is 10.3. The molecule has 1 aromatic carbocycles. The summed E-state index contributed by atoms with van der Waals surface area (Å²) >= 11 is 3.26. The number of ether oxygens (including phenoxy) is 1. The number of nitrogens with one attached hydrogen (secondary N) is 1. The average molecular weight is 324 g/mol. The second-order valence-electron chi connectivity index (χ2n) is 3.68. The first kappa shape index (κ1) is 13.2. The van der Waals surface area contributed by atoms with Crippen LogP contribution in [0.3, 0.4) is 0 Å². The van der Waals surface area contributed by atoms with Gasteiger partial charge in [-0.2, -0.15) is 13.2 Å². The van der Waals surface area contributed by atoms with E-state index in [0.717, 1.165) is 4.47 Å². The SMILES string of the molecule is Nc1cc(Br)cc2[nH]c(COCC(F)(F)F)nc12. The maximum Gasteiger partial charge on any atom is 0.411 e. The Hall–Kier alpha value is -1.28. The van der Waals surface area contributed by atoms with Crippen molar-refractivity contribution in [2.45, 2.75) is 12.8 Å². The molecule has 0 unspecified atom stereocenters. The van der Waals surface area contributed by atoms with Crippen LogP contribution < -0.4 is 5.73 Å². The van der Waals surface area contributed by atoms with Crippen molar-refractivity contribution < 1.29 is 17.9 Å². The predicted molar refractivity (Wildman–Crippen MR) is 63.9 cm³/mol. The van der Waals surface area contributed by atoms with Gasteiger partial charge in [0.15, 0.2) is 0 Å². The molecule has 1 heterocycles. The Morgan fingerprint density at radius 3 is 2.78 bits per heavy atom. The minimum absolute atomic E-state index is 0.245. The highest BCUT2D eigenvalue weighted by Gasteiger charge is 2.27. The van der Waals surface area contributed by atoms with Crippen molar-refractivity contribution in [1.82, 2.24) is 9.97 Å². The molecule has 0 spiro atoms. The number of hydrogen-bond acceptors (Lipinski definition) is 3. The van der Waals surface area contributed by atoms with Crippen molar-refractivity contribution in [2.75, 3.05) is 12.3 Å². The molecule has 98 valence electrons. The quantitative estimate of drug-likeness (QED) is 0.853. The number of hydrogen-bond donors (Lipinski definition) is 2. The Bertz CT molecular complexity index is 567. The van der Waals surface area contributed by atoms with Crippen LogP contribution in [-0.2, 0) is 11.3 Å². The molecule has 2 rings (SSSR count). The van der Waals surface area contributed by atoms with Gasteiger partial charge >= 0.3 is 6.18 Å². The molecule has 0 bridgehead atoms. The third kappa shape index (κ3) is 3.14. The summed E-state index contributed by atoms with van der Waals surface area (Å²) in [6, 6.07) is 3.41. The van der Waals surface area contributed by atoms with Gasteiger partial charge in [0.25, 0.3) is 0 Å². The fourth-order valence-corrected chi connectivity index (χ4v) is 1.97. The van der Waals surface area contributed by atoms with E-state index >= 15 is 0 Å². The summed E-state index contributed by atoms with van der Waals surface area (Å²) in [7, 11) is 0. The first-order chi connectivity index (χ1) is 8.35. The normalized spacial score (nSPS) is 12.2. The summed E-state index contributed by atoms with van der Waals surface area (Å²) in [5.74, 6) is 0.305. The van der Waals surface area contributed by atoms with E-state index in [1.807, 2.05) is 0 Å². The Kier molecular flexibility index (Phi) is 3.49. The summed E-state index contributed by atoms with van der Waals surface area (Å²) in [6.07, 6.45) is -4.34. The van der Waals surface area contributed by atoms with Crippen LogP contribution in [0, 0.1) is 0 Å². The van der Waals surface area contributed by atoms with Gasteiger partial charge in [-0.05, 0) is 12.1 Å². The van der Waals surface area contributed by atoms with Gasteiger partial charge in [-0.15, -0.1) is 0 Å². The zero-order valence-corrected chi connectivity index (χ0v) is 10.6. The molecule has 0 amide bonds. The lowest BCUT2D eigenvalue weighted by molar-refractivity contribution is -0.177. The molecule has 0 atom stereocenters. The lowest BCUT2D eigenvalue weighted by Gasteiger charge is -2.05. The molecule has 0 aliphatic rings. The summed E-state index contributed by atoms with van der Waals surface area (Å²) in [6.45, 7) is -1.55. The van der Waals surface area contributed by atoms with Gasteiger partial charge in [0.1, 0.15) is 24.6 Å². The summed E-state index contributed by atoms with van der Waals surface area (Å²) in [5.41, 5.74) is 7.34. The van der Waals surface area contributed by atoms with E-state index in [4.69, 9.17) is 5.73 Å². The molecule has 2 aromatic rings. The van der Waals surface area contributed by atoms with Crippen LogP contribution >= 0.6 is 15.9 Å². The highest BCUT2D eigenvalue weighted by molar-refractivity contribution is 9.10. The molecular formula is C10H9BrF3N3O. The largest absolute Gasteiger partial charge is 0.411 e. The first-order valence-electron chi connectivity index (χ1n) is 4.93. The molecule has 18 heavy (non-hydrogen) atoms. The van der Waals surface area contributed by atoms with Crippen molar-refractivity contribution in [3.8, 4) is 0 Å². The van der Waals surface area contributed by atoms with Crippen LogP contribution in [0.15, 0.2) is 16.6 Å². The molecule has 0 radical (unpaired) electrons. The Morgan fingerprint density at radius 2 is 2.11 bits per heavy atom. The smallest absolute Gasteiger partial charge is 0.397 e. The van der Waals surface area contributed by atoms with Crippen molar-refractivity contribution in [3.63, 3.8) is 0 Å². The third-order valence-electron chi connectivity index (χ3n) is 2.13. The Labute approximate surface area is 108 Å². The van der Waals surface area contributed by atoms with E-state index in [1.165, 1.54) is 0 Å². The maximum absolute atomic E-state index is 11.9. The molecule has 0 saturated heterocycles. The van der Waals surface area contributed by atoms with Crippen molar-refractivity contribution in [3.05, 3.63) is 22.4 Å². The Balaban J connectivity index is 2.13. The topological polar surface area (TPSA) is 63.9 Å². The number of imidazole rings is 1. The summed E-state index contributed by atoms with van der Waals surface area (Å²) < 4.78 is 41.0. The zero-order valence-electron chi connectivity index (χ0n) is 9.01. The van der Waals surface area contributed by atoms with Crippen molar-refractivity contribution in [2.24, 2.45) is 0 Å². The molecule has 0 saturated carbocycles. The number of H-pyrrole nitrogens is 1. The molecule has 8 heteroatoms. The number of nitrogens with two attached hydrogens (primary N) is 1. The van der Waals surface area contributed by atoms with E-state index in [0.29, 0.717) is 22.5 Å². The third-order valence-corrected chi connectivity index (χ3v) is 2.59. The van der Waals surface area contributed by atoms with Crippen LogP contribution in [-0.4, -0.2) is 22.8 Å². The minimum Gasteiger partial charge on any atom is -0.397 e. The molecule has 3 N–H and O–H groups in total. The van der Waals surface area contributed by atoms with E-state index in [-0.39, 0.29) is 6.61 Å². The lowest BCUT2D eigenvalue weighted by Crippen LogP contribution is -2.16. The number of nitrogen functional groups attached to an aromatic ring is 1. The van der Waals surface area contributed by atoms with Crippen LogP contribution in [0.4, 0.5) is 18.9 Å². The number of anilines is 1. The number of nitrogens with zero attached hydrogens (tertiary/aromatic N) is 1. The van der Waals surface area contributed by atoms with Crippen LogP contribution in [0.5, 0.6) is 0 Å². The highest BCUT2D eigenvalue weighted by Crippen LogP contribution is 2.24. The second-order valence-corrected chi connectivity index (χ2v) is 4.60. The monoisotopic (exact) mass is 323 g/mol. The van der Waals surface area contributed by atoms with Gasteiger partial charge in [-0.3, -0.25) is 0 Å². The van der Waals surface area contributed by atoms with Crippen LogP contribution in [0.25, 0.3) is 11.0 Å². The number of aromatic nitrogens is 2. The van der Waals surface area contributed by atoms with Gasteiger partial charge in [0, 0.05) is 4.47 Å². The van der Waals surface area contributed by atoms with E-state index in [9.17, 15) is 13.2 Å². The molecule has 0 aliphatic carbocycles. The van der Waals surface area contributed by atoms with Crippen molar-refractivity contribution in [1.29, 1.82) is 0 Å². The van der Waals surface area contributed by atoms with Crippen molar-refractivity contribution >= 4 is 32.7 Å². The standard InChI is InChI=1S/C10H9BrF3N3O/c11-5-1-6(15)9-7(2-5)16-8(17-9)3-18-4-10(12,13)14/h1-2H,3-4,15H2,(H,16,17). The minimum atomic E-state index is -4.34. The van der Waals surface area contributed by atoms with Gasteiger partial charge in [-0.25, -0.2) is 4.98 Å². The van der Waals surface area contributed by atoms with Crippen LogP contribution in [0.1, 0.15) is 5.82 Å². The Morgan fingerprint density at radius 1 is 1.39 bits per heavy atom. The fraction of sp³-hybridized carbons (Fsp3) is 0.300. The predicted octanol–water partition coefficient (Wildman–Crippen LogP) is 2.99. The number of halogens is 4. The fourth-order valence-electron chi connectivity index (χ4n) is 1.49. The summed E-state index contributed by atoms with van der Waals surface area (Å²) in [4.78, 5) is 6.93. The first-order valence-corrected chi connectivity index (χ1v) is 5.72. The number of fused-ring (bicyclic) bond motifs is 1. The number of aromatic amines is 1. The second kappa shape index (κ2) is 4.77. The highest BCUT2D eigenvalue weighted by atomic mass is 79.9. The average Bonchev–Trinajstić information content (AvgIpc) is 2.58. The van der Waals surface area contributed by atoms with Gasteiger partial charge < -0.3 is 15.5 Å². The number of rotatable bonds is 3. The van der Waals surface area contributed by atoms with E-state index in [2.05, 4.69) is 30.6 Å². The van der Waals surface area contributed by atoms with Crippen LogP contribution in [0.2, 0.25) is 0 Å². The summed E-state index contributed by atoms with van der Waals surface area (Å²) in [5, 5.41) is 0. The zero-order chi connectivity index (χ0) is 13.3. The van der Waals surface area contributed by atoms with Gasteiger partial charge in [-0.1, -0.05) is 15.9 Å². The molecule has 4 nitrogen and oxygen atoms in total. The maximum atomic E-state index is 11.9. The number of benzene rings is 1. The molecule has 0 aliphatic heterocycles. The van der Waals surface area contributed by atoms with Gasteiger partial charge in [0.2, 0.25) is 0 Å². The van der Waals surface area contributed by atoms with E-state index < -0.39 is 12.8 Å². The number of alkyl halides is 3.